The van der Waals surface area contributed by atoms with Crippen molar-refractivity contribution in [3.05, 3.63) is 58.0 Å². The molecule has 0 bridgehead atoms. The van der Waals surface area contributed by atoms with Crippen LogP contribution in [0.5, 0.6) is 0 Å². The van der Waals surface area contributed by atoms with Gasteiger partial charge in [-0.05, 0) is 50.1 Å². The van der Waals surface area contributed by atoms with Crippen molar-refractivity contribution in [2.24, 2.45) is 5.73 Å². The Morgan fingerprint density at radius 1 is 1.28 bits per heavy atom. The van der Waals surface area contributed by atoms with E-state index >= 15 is 0 Å². The van der Waals surface area contributed by atoms with Gasteiger partial charge in [0.25, 0.3) is 0 Å². The lowest BCUT2D eigenvalue weighted by Crippen LogP contribution is -2.28. The number of rotatable bonds is 4. The standard InChI is InChI=1S/C18H19ClN4O2/c1-10-21-14-6-7-15(17(24)25)22-16(14)23(10)9-11-4-5-12(8-13(11)19)18(2,3)20/h4-8H,9,20H2,1-3H3,(H,24,25). The molecule has 6 nitrogen and oxygen atoms in total. The quantitative estimate of drug-likeness (QED) is 0.746. The maximum atomic E-state index is 11.2. The van der Waals surface area contributed by atoms with Crippen molar-refractivity contribution in [2.75, 3.05) is 0 Å². The number of aryl methyl sites for hydroxylation is 1. The summed E-state index contributed by atoms with van der Waals surface area (Å²) in [5, 5.41) is 9.76. The molecule has 0 radical (unpaired) electrons. The molecule has 0 fully saturated rings. The van der Waals surface area contributed by atoms with Crippen molar-refractivity contribution < 1.29 is 9.90 Å². The van der Waals surface area contributed by atoms with Crippen LogP contribution < -0.4 is 5.73 Å². The maximum absolute atomic E-state index is 11.2. The second-order valence-electron chi connectivity index (χ2n) is 6.62. The van der Waals surface area contributed by atoms with Crippen LogP contribution in [0.2, 0.25) is 5.02 Å². The first kappa shape index (κ1) is 17.4. The van der Waals surface area contributed by atoms with Gasteiger partial charge >= 0.3 is 5.97 Å². The summed E-state index contributed by atoms with van der Waals surface area (Å²) in [6.07, 6.45) is 0. The zero-order chi connectivity index (χ0) is 18.4. The molecule has 0 saturated heterocycles. The average molecular weight is 359 g/mol. The normalized spacial score (nSPS) is 11.9. The molecule has 3 N–H and O–H groups in total. The van der Waals surface area contributed by atoms with E-state index in [9.17, 15) is 4.79 Å². The summed E-state index contributed by atoms with van der Waals surface area (Å²) >= 11 is 6.43. The number of carboxylic acid groups (broad SMARTS) is 1. The lowest BCUT2D eigenvalue weighted by Gasteiger charge is -2.20. The minimum absolute atomic E-state index is 0.0139. The van der Waals surface area contributed by atoms with Crippen molar-refractivity contribution in [3.8, 4) is 0 Å². The third kappa shape index (κ3) is 3.36. The number of pyridine rings is 1. The van der Waals surface area contributed by atoms with Gasteiger partial charge in [0.1, 0.15) is 11.3 Å². The number of carbonyl (C=O) groups is 1. The van der Waals surface area contributed by atoms with Crippen LogP contribution in [0.4, 0.5) is 0 Å². The number of imidazole rings is 1. The molecule has 0 amide bonds. The van der Waals surface area contributed by atoms with Crippen molar-refractivity contribution in [3.63, 3.8) is 0 Å². The molecule has 1 aromatic carbocycles. The number of nitrogens with two attached hydrogens (primary N) is 1. The molecule has 2 heterocycles. The van der Waals surface area contributed by atoms with E-state index in [1.165, 1.54) is 6.07 Å². The van der Waals surface area contributed by atoms with Crippen LogP contribution in [0.15, 0.2) is 30.3 Å². The molecular formula is C18H19ClN4O2. The summed E-state index contributed by atoms with van der Waals surface area (Å²) in [5.41, 5.74) is 8.64. The monoisotopic (exact) mass is 358 g/mol. The zero-order valence-corrected chi connectivity index (χ0v) is 15.0. The molecule has 130 valence electrons. The highest BCUT2D eigenvalue weighted by atomic mass is 35.5. The van der Waals surface area contributed by atoms with Crippen LogP contribution in [-0.4, -0.2) is 25.6 Å². The molecule has 0 atom stereocenters. The van der Waals surface area contributed by atoms with E-state index in [0.29, 0.717) is 22.7 Å². The van der Waals surface area contributed by atoms with Gasteiger partial charge in [-0.25, -0.2) is 14.8 Å². The Morgan fingerprint density at radius 2 is 2.00 bits per heavy atom. The van der Waals surface area contributed by atoms with Crippen molar-refractivity contribution in [2.45, 2.75) is 32.9 Å². The second kappa shape index (κ2) is 6.13. The van der Waals surface area contributed by atoms with Gasteiger partial charge in [-0.3, -0.25) is 0 Å². The maximum Gasteiger partial charge on any atom is 0.354 e. The third-order valence-corrected chi connectivity index (χ3v) is 4.48. The van der Waals surface area contributed by atoms with Crippen LogP contribution in [0.25, 0.3) is 11.2 Å². The summed E-state index contributed by atoms with van der Waals surface area (Å²) in [4.78, 5) is 19.8. The number of fused-ring (bicyclic) bond motifs is 1. The van der Waals surface area contributed by atoms with Gasteiger partial charge in [0.05, 0.1) is 6.54 Å². The Kier molecular flexibility index (Phi) is 4.26. The van der Waals surface area contributed by atoms with Gasteiger partial charge in [0, 0.05) is 10.6 Å². The summed E-state index contributed by atoms with van der Waals surface area (Å²) < 4.78 is 1.86. The molecule has 3 aromatic rings. The molecule has 2 aromatic heterocycles. The van der Waals surface area contributed by atoms with E-state index in [1.54, 1.807) is 6.07 Å². The summed E-state index contributed by atoms with van der Waals surface area (Å²) in [6, 6.07) is 8.86. The number of aromatic carboxylic acids is 1. The van der Waals surface area contributed by atoms with E-state index in [4.69, 9.17) is 22.4 Å². The number of halogens is 1. The molecular weight excluding hydrogens is 340 g/mol. The fourth-order valence-corrected chi connectivity index (χ4v) is 2.91. The average Bonchev–Trinajstić information content (AvgIpc) is 2.83. The van der Waals surface area contributed by atoms with Gasteiger partial charge in [-0.1, -0.05) is 23.7 Å². The van der Waals surface area contributed by atoms with Gasteiger partial charge in [0.2, 0.25) is 0 Å². The lowest BCUT2D eigenvalue weighted by molar-refractivity contribution is 0.0691. The molecule has 0 saturated carbocycles. The Bertz CT molecular complexity index is 973. The predicted octanol–water partition coefficient (Wildman–Crippen LogP) is 3.33. The summed E-state index contributed by atoms with van der Waals surface area (Å²) in [7, 11) is 0. The predicted molar refractivity (Wildman–Crippen MR) is 97.0 cm³/mol. The molecule has 0 unspecified atom stereocenters. The van der Waals surface area contributed by atoms with Crippen molar-refractivity contribution >= 4 is 28.7 Å². The van der Waals surface area contributed by atoms with Gasteiger partial charge < -0.3 is 15.4 Å². The Morgan fingerprint density at radius 3 is 2.60 bits per heavy atom. The van der Waals surface area contributed by atoms with Crippen molar-refractivity contribution in [1.29, 1.82) is 0 Å². The highest BCUT2D eigenvalue weighted by Crippen LogP contribution is 2.26. The number of hydrogen-bond acceptors (Lipinski definition) is 4. The number of hydrogen-bond donors (Lipinski definition) is 2. The SMILES string of the molecule is Cc1nc2ccc(C(=O)O)nc2n1Cc1ccc(C(C)(C)N)cc1Cl. The van der Waals surface area contributed by atoms with E-state index in [2.05, 4.69) is 9.97 Å². The highest BCUT2D eigenvalue weighted by molar-refractivity contribution is 6.31. The molecule has 0 aliphatic rings. The molecule has 7 heteroatoms. The smallest absolute Gasteiger partial charge is 0.354 e. The van der Waals surface area contributed by atoms with Crippen LogP contribution in [0.3, 0.4) is 0 Å². The minimum atomic E-state index is -1.07. The van der Waals surface area contributed by atoms with Gasteiger partial charge in [-0.2, -0.15) is 0 Å². The largest absolute Gasteiger partial charge is 0.477 e. The topological polar surface area (TPSA) is 94.0 Å². The zero-order valence-electron chi connectivity index (χ0n) is 14.2. The van der Waals surface area contributed by atoms with Crippen LogP contribution in [0, 0.1) is 6.92 Å². The van der Waals surface area contributed by atoms with Crippen LogP contribution in [0.1, 0.15) is 41.3 Å². The first-order valence-corrected chi connectivity index (χ1v) is 8.19. The molecule has 0 aliphatic heterocycles. The third-order valence-electron chi connectivity index (χ3n) is 4.13. The van der Waals surface area contributed by atoms with E-state index in [0.717, 1.165) is 17.0 Å². The molecule has 0 aliphatic carbocycles. The Balaban J connectivity index is 2.04. The molecule has 25 heavy (non-hydrogen) atoms. The summed E-state index contributed by atoms with van der Waals surface area (Å²) in [6.45, 7) is 6.14. The van der Waals surface area contributed by atoms with E-state index in [-0.39, 0.29) is 5.69 Å². The fraction of sp³-hybridized carbons (Fsp3) is 0.278. The minimum Gasteiger partial charge on any atom is -0.477 e. The molecule has 3 rings (SSSR count). The lowest BCUT2D eigenvalue weighted by atomic mass is 9.95. The first-order valence-electron chi connectivity index (χ1n) is 7.82. The van der Waals surface area contributed by atoms with Crippen molar-refractivity contribution in [1.82, 2.24) is 14.5 Å². The number of aromatic nitrogens is 3. The van der Waals surface area contributed by atoms with E-state index in [1.807, 2.05) is 43.5 Å². The first-order chi connectivity index (χ1) is 11.7. The van der Waals surface area contributed by atoms with Crippen LogP contribution in [-0.2, 0) is 12.1 Å². The number of carboxylic acids is 1. The molecule has 0 spiro atoms. The second-order valence-corrected chi connectivity index (χ2v) is 7.02. The summed E-state index contributed by atoms with van der Waals surface area (Å²) in [5.74, 6) is -0.329. The Hall–Kier alpha value is -2.44. The number of benzene rings is 1. The Labute approximate surface area is 150 Å². The highest BCUT2D eigenvalue weighted by Gasteiger charge is 2.17. The fourth-order valence-electron chi connectivity index (χ4n) is 2.67. The van der Waals surface area contributed by atoms with Crippen LogP contribution >= 0.6 is 11.6 Å². The van der Waals surface area contributed by atoms with E-state index < -0.39 is 11.5 Å². The van der Waals surface area contributed by atoms with Gasteiger partial charge in [0.15, 0.2) is 11.3 Å². The number of nitrogens with zero attached hydrogens (tertiary/aromatic N) is 3. The van der Waals surface area contributed by atoms with Gasteiger partial charge in [-0.15, -0.1) is 0 Å².